The van der Waals surface area contributed by atoms with Gasteiger partial charge in [-0.15, -0.1) is 0 Å². The summed E-state index contributed by atoms with van der Waals surface area (Å²) in [5.74, 6) is 1.06. The van der Waals surface area contributed by atoms with Gasteiger partial charge >= 0.3 is 0 Å². The monoisotopic (exact) mass is 496 g/mol. The Morgan fingerprint density at radius 1 is 0.487 bits per heavy atom. The van der Waals surface area contributed by atoms with Gasteiger partial charge in [0.1, 0.15) is 11.3 Å². The Morgan fingerprint density at radius 2 is 1.13 bits per heavy atom. The predicted octanol–water partition coefficient (Wildman–Crippen LogP) is 9.35. The number of benzene rings is 5. The molecule has 0 bridgehead atoms. The van der Waals surface area contributed by atoms with Crippen LogP contribution in [0, 0.1) is 0 Å². The molecule has 0 spiro atoms. The molecule has 10 aromatic rings. The van der Waals surface area contributed by atoms with E-state index in [0.29, 0.717) is 0 Å². The second kappa shape index (κ2) is 6.16. The van der Waals surface area contributed by atoms with Crippen molar-refractivity contribution >= 4 is 76.3 Å². The molecule has 1 aliphatic carbocycles. The number of rotatable bonds is 0. The van der Waals surface area contributed by atoms with Crippen LogP contribution in [0.1, 0.15) is 11.3 Å². The summed E-state index contributed by atoms with van der Waals surface area (Å²) in [5, 5.41) is 10.3. The second-order valence-corrected chi connectivity index (χ2v) is 11.2. The lowest BCUT2D eigenvalue weighted by Crippen LogP contribution is -2.03. The molecule has 0 fully saturated rings. The summed E-state index contributed by atoms with van der Waals surface area (Å²) in [7, 11) is 0. The molecule has 0 aliphatic heterocycles. The van der Waals surface area contributed by atoms with Gasteiger partial charge in [-0.3, -0.25) is 0 Å². The van der Waals surface area contributed by atoms with Crippen molar-refractivity contribution in [1.29, 1.82) is 0 Å². The molecular weight excluding hydrogens is 476 g/mol. The average molecular weight is 497 g/mol. The number of aromatic nitrogens is 2. The standard InChI is InChI=1S/C36H20N2O/c1-3-13-27-19(7-1)21-9-5-11-25-31-29(37(27)33(21)25)17-15-23-24-16-18-30-32(36(24)39-35(23)31)26-12-6-10-22-20-8-2-4-14-28(20)38(30)34(22)26/h1-15,17H,16,18H2. The Kier molecular flexibility index (Phi) is 3.02. The molecule has 0 atom stereocenters. The van der Waals surface area contributed by atoms with Crippen LogP contribution in [0.15, 0.2) is 101 Å². The van der Waals surface area contributed by atoms with Gasteiger partial charge in [-0.05, 0) is 37.1 Å². The fourth-order valence-corrected chi connectivity index (χ4v) is 8.07. The van der Waals surface area contributed by atoms with E-state index >= 15 is 0 Å². The van der Waals surface area contributed by atoms with Crippen LogP contribution >= 0.6 is 0 Å². The summed E-state index contributed by atoms with van der Waals surface area (Å²) in [6.45, 7) is 0. The summed E-state index contributed by atoms with van der Waals surface area (Å²) in [6, 6.07) is 35.7. The van der Waals surface area contributed by atoms with Crippen LogP contribution in [0.5, 0.6) is 0 Å². The SMILES string of the molecule is c1ccc2c(c1)c1cccc3c4c(n2c31)CCc1c-4oc2c1ccc1c2c2cccc3c4ccccc4n1c32. The van der Waals surface area contributed by atoms with Crippen LogP contribution in [0.3, 0.4) is 0 Å². The highest BCUT2D eigenvalue weighted by molar-refractivity contribution is 6.28. The number of aryl methyl sites for hydroxylation is 2. The number of furan rings is 1. The van der Waals surface area contributed by atoms with E-state index in [4.69, 9.17) is 4.42 Å². The average Bonchev–Trinajstić information content (AvgIpc) is 3.77. The highest BCUT2D eigenvalue weighted by Gasteiger charge is 2.31. The second-order valence-electron chi connectivity index (χ2n) is 11.2. The van der Waals surface area contributed by atoms with Gasteiger partial charge in [0.05, 0.1) is 33.0 Å². The summed E-state index contributed by atoms with van der Waals surface area (Å²) in [4.78, 5) is 0. The van der Waals surface area contributed by atoms with Crippen molar-refractivity contribution in [3.63, 3.8) is 0 Å². The zero-order chi connectivity index (χ0) is 25.0. The third kappa shape index (κ3) is 1.96. The van der Waals surface area contributed by atoms with Gasteiger partial charge in [0, 0.05) is 54.5 Å². The Labute approximate surface area is 221 Å². The zero-order valence-corrected chi connectivity index (χ0v) is 21.0. The van der Waals surface area contributed by atoms with Gasteiger partial charge in [-0.2, -0.15) is 0 Å². The van der Waals surface area contributed by atoms with Gasteiger partial charge in [-0.25, -0.2) is 0 Å². The molecule has 0 radical (unpaired) electrons. The van der Waals surface area contributed by atoms with E-state index in [0.717, 1.165) is 24.2 Å². The lowest BCUT2D eigenvalue weighted by molar-refractivity contribution is 0.624. The number of hydrogen-bond donors (Lipinski definition) is 0. The number of nitrogens with zero attached hydrogens (tertiary/aromatic N) is 2. The van der Waals surface area contributed by atoms with E-state index in [-0.39, 0.29) is 0 Å². The predicted molar refractivity (Wildman–Crippen MR) is 161 cm³/mol. The molecule has 11 rings (SSSR count). The summed E-state index contributed by atoms with van der Waals surface area (Å²) in [5.41, 5.74) is 11.4. The molecule has 0 saturated carbocycles. The number of para-hydroxylation sites is 4. The quantitative estimate of drug-likeness (QED) is 0.205. The molecule has 5 heterocycles. The van der Waals surface area contributed by atoms with E-state index in [1.54, 1.807) is 0 Å². The minimum Gasteiger partial charge on any atom is -0.455 e. The van der Waals surface area contributed by atoms with Crippen LogP contribution in [-0.2, 0) is 12.8 Å². The van der Waals surface area contributed by atoms with Crippen LogP contribution < -0.4 is 0 Å². The van der Waals surface area contributed by atoms with Gasteiger partial charge < -0.3 is 13.2 Å². The van der Waals surface area contributed by atoms with Crippen molar-refractivity contribution in [2.75, 3.05) is 0 Å². The van der Waals surface area contributed by atoms with Crippen molar-refractivity contribution in [2.24, 2.45) is 0 Å². The first-order valence-electron chi connectivity index (χ1n) is 13.8. The normalized spacial score (nSPS) is 13.9. The number of fused-ring (bicyclic) bond motifs is 17. The molecule has 0 unspecified atom stereocenters. The zero-order valence-electron chi connectivity index (χ0n) is 21.0. The smallest absolute Gasteiger partial charge is 0.145 e. The Balaban J connectivity index is 1.32. The Hall–Kier alpha value is -5.02. The summed E-state index contributed by atoms with van der Waals surface area (Å²) >= 11 is 0. The highest BCUT2D eigenvalue weighted by Crippen LogP contribution is 2.50. The van der Waals surface area contributed by atoms with E-state index < -0.39 is 0 Å². The van der Waals surface area contributed by atoms with Gasteiger partial charge in [-0.1, -0.05) is 72.8 Å². The molecule has 180 valence electrons. The van der Waals surface area contributed by atoms with Gasteiger partial charge in [0.15, 0.2) is 0 Å². The summed E-state index contributed by atoms with van der Waals surface area (Å²) in [6.07, 6.45) is 2.00. The van der Waals surface area contributed by atoms with Crippen LogP contribution in [0.4, 0.5) is 0 Å². The lowest BCUT2D eigenvalue weighted by Gasteiger charge is -2.13. The van der Waals surface area contributed by atoms with E-state index in [9.17, 15) is 0 Å². The van der Waals surface area contributed by atoms with E-state index in [1.165, 1.54) is 87.5 Å². The third-order valence-electron chi connectivity index (χ3n) is 9.51. The fourth-order valence-electron chi connectivity index (χ4n) is 8.07. The van der Waals surface area contributed by atoms with Crippen molar-refractivity contribution in [2.45, 2.75) is 12.8 Å². The Bertz CT molecular complexity index is 2660. The largest absolute Gasteiger partial charge is 0.455 e. The molecule has 0 N–H and O–H groups in total. The Morgan fingerprint density at radius 3 is 1.92 bits per heavy atom. The van der Waals surface area contributed by atoms with Crippen molar-refractivity contribution < 1.29 is 4.42 Å². The van der Waals surface area contributed by atoms with E-state index in [2.05, 4.69) is 106 Å². The first kappa shape index (κ1) is 19.1. The molecule has 5 aromatic heterocycles. The molecule has 39 heavy (non-hydrogen) atoms. The topological polar surface area (TPSA) is 22.0 Å². The first-order chi connectivity index (χ1) is 19.4. The maximum Gasteiger partial charge on any atom is 0.145 e. The molecular formula is C36H20N2O. The van der Waals surface area contributed by atoms with Crippen LogP contribution in [-0.4, -0.2) is 8.80 Å². The van der Waals surface area contributed by atoms with Crippen molar-refractivity contribution in [3.8, 4) is 11.3 Å². The van der Waals surface area contributed by atoms with Crippen molar-refractivity contribution in [1.82, 2.24) is 8.80 Å². The van der Waals surface area contributed by atoms with Gasteiger partial charge in [0.2, 0.25) is 0 Å². The lowest BCUT2D eigenvalue weighted by atomic mass is 9.91. The van der Waals surface area contributed by atoms with Crippen molar-refractivity contribution in [3.05, 3.63) is 108 Å². The van der Waals surface area contributed by atoms with Crippen LogP contribution in [0.25, 0.3) is 87.6 Å². The van der Waals surface area contributed by atoms with E-state index in [1.807, 2.05) is 0 Å². The minimum atomic E-state index is 0.987. The molecule has 1 aliphatic rings. The summed E-state index contributed by atoms with van der Waals surface area (Å²) < 4.78 is 12.0. The first-order valence-corrected chi connectivity index (χ1v) is 13.8. The maximum atomic E-state index is 7.05. The molecule has 0 amide bonds. The third-order valence-corrected chi connectivity index (χ3v) is 9.51. The number of hydrogen-bond acceptors (Lipinski definition) is 1. The van der Waals surface area contributed by atoms with Gasteiger partial charge in [0.25, 0.3) is 0 Å². The highest BCUT2D eigenvalue weighted by atomic mass is 16.3. The maximum absolute atomic E-state index is 7.05. The molecule has 3 heteroatoms. The molecule has 0 saturated heterocycles. The minimum absolute atomic E-state index is 0.987. The molecule has 5 aromatic carbocycles. The molecule has 3 nitrogen and oxygen atoms in total. The van der Waals surface area contributed by atoms with Crippen LogP contribution in [0.2, 0.25) is 0 Å². The fraction of sp³-hybridized carbons (Fsp3) is 0.0556.